The smallest absolute Gasteiger partial charge is 0.144 e. The molecule has 1 aromatic carbocycles. The van der Waals surface area contributed by atoms with Gasteiger partial charge in [-0.1, -0.05) is 17.7 Å². The molecule has 2 aromatic rings. The molecule has 1 aromatic heterocycles. The SMILES string of the molecule is Cn1ncnc1CC(=O)Cc1c(F)cccc1Cl. The number of carbonyl (C=O) groups is 1. The van der Waals surface area contributed by atoms with Crippen LogP contribution in [0, 0.1) is 5.82 Å². The highest BCUT2D eigenvalue weighted by atomic mass is 35.5. The van der Waals surface area contributed by atoms with Gasteiger partial charge < -0.3 is 0 Å². The van der Waals surface area contributed by atoms with E-state index in [0.29, 0.717) is 5.82 Å². The zero-order chi connectivity index (χ0) is 13.1. The largest absolute Gasteiger partial charge is 0.299 e. The number of aryl methyl sites for hydroxylation is 1. The molecule has 1 heterocycles. The van der Waals surface area contributed by atoms with E-state index in [4.69, 9.17) is 11.6 Å². The molecule has 0 spiro atoms. The highest BCUT2D eigenvalue weighted by Crippen LogP contribution is 2.20. The third-order valence-electron chi connectivity index (χ3n) is 2.60. The summed E-state index contributed by atoms with van der Waals surface area (Å²) in [6.45, 7) is 0. The maximum atomic E-state index is 13.5. The summed E-state index contributed by atoms with van der Waals surface area (Å²) in [5.41, 5.74) is 0.228. The third kappa shape index (κ3) is 2.73. The number of rotatable bonds is 4. The van der Waals surface area contributed by atoms with E-state index in [-0.39, 0.29) is 29.2 Å². The van der Waals surface area contributed by atoms with Crippen LogP contribution >= 0.6 is 11.6 Å². The lowest BCUT2D eigenvalue weighted by molar-refractivity contribution is -0.118. The highest BCUT2D eigenvalue weighted by molar-refractivity contribution is 6.31. The Kier molecular flexibility index (Phi) is 3.72. The van der Waals surface area contributed by atoms with Gasteiger partial charge in [-0.2, -0.15) is 5.10 Å². The van der Waals surface area contributed by atoms with E-state index < -0.39 is 5.82 Å². The number of nitrogens with zero attached hydrogens (tertiary/aromatic N) is 3. The van der Waals surface area contributed by atoms with Crippen molar-refractivity contribution in [2.45, 2.75) is 12.8 Å². The maximum absolute atomic E-state index is 13.5. The van der Waals surface area contributed by atoms with Crippen LogP contribution in [-0.4, -0.2) is 20.5 Å². The minimum atomic E-state index is -0.464. The second-order valence-corrected chi connectivity index (χ2v) is 4.30. The minimum absolute atomic E-state index is 0.0433. The van der Waals surface area contributed by atoms with Gasteiger partial charge in [0, 0.05) is 24.1 Å². The molecule has 0 unspecified atom stereocenters. The third-order valence-corrected chi connectivity index (χ3v) is 2.95. The summed E-state index contributed by atoms with van der Waals surface area (Å²) in [5, 5.41) is 4.13. The van der Waals surface area contributed by atoms with E-state index in [9.17, 15) is 9.18 Å². The zero-order valence-electron chi connectivity index (χ0n) is 9.73. The number of halogens is 2. The summed E-state index contributed by atoms with van der Waals surface area (Å²) in [6, 6.07) is 4.36. The van der Waals surface area contributed by atoms with Crippen LogP contribution in [0.5, 0.6) is 0 Å². The van der Waals surface area contributed by atoms with Gasteiger partial charge in [0.15, 0.2) is 0 Å². The Bertz CT molecular complexity index is 562. The van der Waals surface area contributed by atoms with Gasteiger partial charge in [0.05, 0.1) is 6.42 Å². The van der Waals surface area contributed by atoms with E-state index in [1.165, 1.54) is 23.1 Å². The van der Waals surface area contributed by atoms with E-state index in [1.807, 2.05) is 0 Å². The second-order valence-electron chi connectivity index (χ2n) is 3.89. The Balaban J connectivity index is 2.10. The van der Waals surface area contributed by atoms with Crippen molar-refractivity contribution in [3.63, 3.8) is 0 Å². The van der Waals surface area contributed by atoms with Crippen molar-refractivity contribution in [2.24, 2.45) is 7.05 Å². The lowest BCUT2D eigenvalue weighted by atomic mass is 10.1. The normalized spacial score (nSPS) is 10.6. The average molecular weight is 268 g/mol. The van der Waals surface area contributed by atoms with Gasteiger partial charge >= 0.3 is 0 Å². The minimum Gasteiger partial charge on any atom is -0.299 e. The molecule has 6 heteroatoms. The molecule has 0 aliphatic carbocycles. The van der Waals surface area contributed by atoms with Crippen molar-refractivity contribution >= 4 is 17.4 Å². The first-order valence-corrected chi connectivity index (χ1v) is 5.73. The first-order valence-electron chi connectivity index (χ1n) is 5.35. The Hall–Kier alpha value is -1.75. The first-order chi connectivity index (χ1) is 8.58. The molecule has 4 nitrogen and oxygen atoms in total. The maximum Gasteiger partial charge on any atom is 0.144 e. The molecule has 18 heavy (non-hydrogen) atoms. The van der Waals surface area contributed by atoms with Gasteiger partial charge in [0.1, 0.15) is 23.8 Å². The number of hydrogen-bond donors (Lipinski definition) is 0. The van der Waals surface area contributed by atoms with Crippen molar-refractivity contribution in [3.8, 4) is 0 Å². The summed E-state index contributed by atoms with van der Waals surface area (Å²) >= 11 is 5.86. The van der Waals surface area contributed by atoms with Gasteiger partial charge in [-0.05, 0) is 12.1 Å². The van der Waals surface area contributed by atoms with Crippen LogP contribution in [0.2, 0.25) is 5.02 Å². The summed E-state index contributed by atoms with van der Waals surface area (Å²) in [5.74, 6) is -0.0700. The van der Waals surface area contributed by atoms with Crippen LogP contribution in [0.1, 0.15) is 11.4 Å². The summed E-state index contributed by atoms with van der Waals surface area (Å²) in [7, 11) is 1.70. The molecule has 0 radical (unpaired) electrons. The monoisotopic (exact) mass is 267 g/mol. The van der Waals surface area contributed by atoms with Gasteiger partial charge in [-0.15, -0.1) is 0 Å². The summed E-state index contributed by atoms with van der Waals surface area (Å²) in [6.07, 6.45) is 1.44. The van der Waals surface area contributed by atoms with Crippen LogP contribution in [0.25, 0.3) is 0 Å². The van der Waals surface area contributed by atoms with Crippen LogP contribution in [0.15, 0.2) is 24.5 Å². The molecule has 0 fully saturated rings. The molecule has 0 N–H and O–H groups in total. The van der Waals surface area contributed by atoms with Crippen molar-refractivity contribution in [2.75, 3.05) is 0 Å². The first kappa shape index (κ1) is 12.7. The fraction of sp³-hybridized carbons (Fsp3) is 0.250. The predicted molar refractivity (Wildman–Crippen MR) is 64.8 cm³/mol. The molecule has 0 amide bonds. The van der Waals surface area contributed by atoms with Crippen LogP contribution < -0.4 is 0 Å². The molecule has 0 atom stereocenters. The molecule has 0 saturated carbocycles. The fourth-order valence-corrected chi connectivity index (χ4v) is 1.85. The van der Waals surface area contributed by atoms with E-state index >= 15 is 0 Å². The molecule has 2 rings (SSSR count). The lowest BCUT2D eigenvalue weighted by Crippen LogP contribution is -2.12. The van der Waals surface area contributed by atoms with Crippen molar-refractivity contribution in [1.29, 1.82) is 0 Å². The van der Waals surface area contributed by atoms with Crippen LogP contribution in [-0.2, 0) is 24.7 Å². The number of benzene rings is 1. The molecule has 0 bridgehead atoms. The number of carbonyl (C=O) groups excluding carboxylic acids is 1. The van der Waals surface area contributed by atoms with Gasteiger partial charge in [0.25, 0.3) is 0 Å². The van der Waals surface area contributed by atoms with Gasteiger partial charge in [0.2, 0.25) is 0 Å². The fourth-order valence-electron chi connectivity index (χ4n) is 1.62. The molecular formula is C12H11ClFN3O. The molecule has 0 saturated heterocycles. The molecule has 0 aliphatic heterocycles. The summed E-state index contributed by atoms with van der Waals surface area (Å²) in [4.78, 5) is 15.8. The van der Waals surface area contributed by atoms with E-state index in [0.717, 1.165) is 0 Å². The topological polar surface area (TPSA) is 47.8 Å². The van der Waals surface area contributed by atoms with E-state index in [1.54, 1.807) is 13.1 Å². The van der Waals surface area contributed by atoms with Crippen LogP contribution in [0.4, 0.5) is 4.39 Å². The molecule has 94 valence electrons. The van der Waals surface area contributed by atoms with Crippen molar-refractivity contribution in [1.82, 2.24) is 14.8 Å². The number of aromatic nitrogens is 3. The van der Waals surface area contributed by atoms with Gasteiger partial charge in [-0.25, -0.2) is 9.37 Å². The lowest BCUT2D eigenvalue weighted by Gasteiger charge is -2.05. The molecule has 0 aliphatic rings. The van der Waals surface area contributed by atoms with Crippen molar-refractivity contribution in [3.05, 3.63) is 46.8 Å². The number of hydrogen-bond acceptors (Lipinski definition) is 3. The highest BCUT2D eigenvalue weighted by Gasteiger charge is 2.14. The quantitative estimate of drug-likeness (QED) is 0.851. The van der Waals surface area contributed by atoms with Gasteiger partial charge in [-0.3, -0.25) is 9.48 Å². The summed E-state index contributed by atoms with van der Waals surface area (Å²) < 4.78 is 15.0. The molecular weight excluding hydrogens is 257 g/mol. The Morgan fingerprint density at radius 3 is 2.83 bits per heavy atom. The standard InChI is InChI=1S/C12H11ClFN3O/c1-17-12(15-7-16-17)6-8(18)5-9-10(13)3-2-4-11(9)14/h2-4,7H,5-6H2,1H3. The zero-order valence-corrected chi connectivity index (χ0v) is 10.5. The predicted octanol–water partition coefficient (Wildman–Crippen LogP) is 1.96. The second kappa shape index (κ2) is 5.27. The van der Waals surface area contributed by atoms with Crippen LogP contribution in [0.3, 0.4) is 0 Å². The Labute approximate surface area is 108 Å². The van der Waals surface area contributed by atoms with Crippen molar-refractivity contribution < 1.29 is 9.18 Å². The average Bonchev–Trinajstić information content (AvgIpc) is 2.70. The van der Waals surface area contributed by atoms with E-state index in [2.05, 4.69) is 10.1 Å². The Morgan fingerprint density at radius 2 is 2.22 bits per heavy atom. The Morgan fingerprint density at radius 1 is 1.44 bits per heavy atom. The number of ketones is 1. The number of Topliss-reactive ketones (excluding diaryl/α,β-unsaturated/α-hetero) is 1.